The Hall–Kier alpha value is -4.26. The van der Waals surface area contributed by atoms with Gasteiger partial charge >= 0.3 is 0 Å². The Morgan fingerprint density at radius 2 is 1.68 bits per heavy atom. The van der Waals surface area contributed by atoms with Crippen LogP contribution < -0.4 is 14.2 Å². The van der Waals surface area contributed by atoms with Crippen molar-refractivity contribution in [2.75, 3.05) is 20.8 Å². The van der Waals surface area contributed by atoms with Crippen molar-refractivity contribution in [1.29, 1.82) is 0 Å². The molecule has 192 valence electrons. The van der Waals surface area contributed by atoms with Gasteiger partial charge in [0.25, 0.3) is 11.7 Å². The molecule has 1 heterocycles. The third-order valence-electron chi connectivity index (χ3n) is 6.41. The van der Waals surface area contributed by atoms with Crippen LogP contribution in [-0.2, 0) is 16.1 Å². The molecule has 0 aliphatic carbocycles. The number of hydrogen-bond donors (Lipinski definition) is 1. The quantitative estimate of drug-likeness (QED) is 0.255. The molecule has 37 heavy (non-hydrogen) atoms. The second-order valence-corrected chi connectivity index (χ2v) is 8.94. The number of nitrogens with zero attached hydrogens (tertiary/aromatic N) is 1. The molecule has 7 nitrogen and oxygen atoms in total. The number of rotatable bonds is 8. The number of hydrogen-bond acceptors (Lipinski definition) is 6. The highest BCUT2D eigenvalue weighted by Gasteiger charge is 2.46. The van der Waals surface area contributed by atoms with Crippen LogP contribution in [0.2, 0.25) is 0 Å². The van der Waals surface area contributed by atoms with Crippen LogP contribution in [0, 0.1) is 13.8 Å². The van der Waals surface area contributed by atoms with E-state index in [1.54, 1.807) is 31.4 Å². The van der Waals surface area contributed by atoms with E-state index in [-0.39, 0.29) is 17.9 Å². The van der Waals surface area contributed by atoms with E-state index in [0.29, 0.717) is 35.0 Å². The number of aliphatic hydroxyl groups excluding tert-OH is 1. The van der Waals surface area contributed by atoms with E-state index in [4.69, 9.17) is 14.2 Å². The molecule has 0 radical (unpaired) electrons. The molecule has 1 unspecified atom stereocenters. The van der Waals surface area contributed by atoms with Crippen molar-refractivity contribution in [2.24, 2.45) is 0 Å². The van der Waals surface area contributed by atoms with Gasteiger partial charge in [-0.25, -0.2) is 0 Å². The van der Waals surface area contributed by atoms with Crippen molar-refractivity contribution >= 4 is 17.4 Å². The average Bonchev–Trinajstić information content (AvgIpc) is 3.13. The summed E-state index contributed by atoms with van der Waals surface area (Å²) < 4.78 is 16.5. The molecule has 1 saturated heterocycles. The van der Waals surface area contributed by atoms with Crippen molar-refractivity contribution in [3.63, 3.8) is 0 Å². The number of ether oxygens (including phenoxy) is 3. The van der Waals surface area contributed by atoms with Crippen molar-refractivity contribution in [3.05, 3.63) is 94.1 Å². The van der Waals surface area contributed by atoms with Crippen LogP contribution in [0.25, 0.3) is 5.76 Å². The van der Waals surface area contributed by atoms with Gasteiger partial charge in [-0.3, -0.25) is 9.59 Å². The second-order valence-electron chi connectivity index (χ2n) is 8.94. The minimum absolute atomic E-state index is 0.00969. The Bertz CT molecular complexity index is 1360. The molecule has 1 aliphatic heterocycles. The third-order valence-corrected chi connectivity index (χ3v) is 6.41. The number of aryl methyl sites for hydroxylation is 2. The maximum Gasteiger partial charge on any atom is 0.295 e. The maximum atomic E-state index is 13.5. The SMILES string of the molecule is CCOc1cccc(C2/C(=C(\O)c3cc(C)cc(C)c3OC)C(=O)C(=O)N2Cc2ccc(OC)cc2)c1. The number of aliphatic hydroxyl groups is 1. The largest absolute Gasteiger partial charge is 0.507 e. The van der Waals surface area contributed by atoms with E-state index in [1.165, 1.54) is 12.0 Å². The zero-order valence-electron chi connectivity index (χ0n) is 21.7. The summed E-state index contributed by atoms with van der Waals surface area (Å²) in [6.45, 7) is 6.28. The first kappa shape index (κ1) is 25.8. The van der Waals surface area contributed by atoms with Crippen LogP contribution in [-0.4, -0.2) is 42.5 Å². The molecule has 1 amide bonds. The van der Waals surface area contributed by atoms with Crippen LogP contribution in [0.3, 0.4) is 0 Å². The smallest absolute Gasteiger partial charge is 0.295 e. The normalized spacial score (nSPS) is 16.7. The zero-order valence-corrected chi connectivity index (χ0v) is 21.7. The highest BCUT2D eigenvalue weighted by molar-refractivity contribution is 6.46. The molecule has 0 bridgehead atoms. The summed E-state index contributed by atoms with van der Waals surface area (Å²) >= 11 is 0. The van der Waals surface area contributed by atoms with Gasteiger partial charge < -0.3 is 24.2 Å². The molecule has 1 aliphatic rings. The van der Waals surface area contributed by atoms with Gasteiger partial charge in [0.15, 0.2) is 0 Å². The lowest BCUT2D eigenvalue weighted by Crippen LogP contribution is -2.29. The number of methoxy groups -OCH3 is 2. The summed E-state index contributed by atoms with van der Waals surface area (Å²) in [6.07, 6.45) is 0. The van der Waals surface area contributed by atoms with Gasteiger partial charge in [-0.05, 0) is 73.4 Å². The number of carbonyl (C=O) groups excluding carboxylic acids is 2. The Kier molecular flexibility index (Phi) is 7.53. The van der Waals surface area contributed by atoms with Gasteiger partial charge in [-0.15, -0.1) is 0 Å². The first-order valence-electron chi connectivity index (χ1n) is 12.1. The Balaban J connectivity index is 1.91. The van der Waals surface area contributed by atoms with E-state index in [0.717, 1.165) is 16.7 Å². The monoisotopic (exact) mass is 501 g/mol. The number of carbonyl (C=O) groups is 2. The minimum Gasteiger partial charge on any atom is -0.507 e. The van der Waals surface area contributed by atoms with Gasteiger partial charge in [0.2, 0.25) is 0 Å². The second kappa shape index (κ2) is 10.8. The molecule has 0 spiro atoms. The number of amides is 1. The average molecular weight is 502 g/mol. The Labute approximate surface area is 216 Å². The summed E-state index contributed by atoms with van der Waals surface area (Å²) in [5, 5.41) is 11.6. The fourth-order valence-electron chi connectivity index (χ4n) is 4.80. The van der Waals surface area contributed by atoms with Gasteiger partial charge in [-0.2, -0.15) is 0 Å². The summed E-state index contributed by atoms with van der Waals surface area (Å²) in [4.78, 5) is 28.4. The first-order valence-corrected chi connectivity index (χ1v) is 12.1. The van der Waals surface area contributed by atoms with E-state index in [9.17, 15) is 14.7 Å². The molecular formula is C30H31NO6. The van der Waals surface area contributed by atoms with Crippen LogP contribution in [0.15, 0.2) is 66.2 Å². The highest BCUT2D eigenvalue weighted by atomic mass is 16.5. The lowest BCUT2D eigenvalue weighted by Gasteiger charge is -2.26. The van der Waals surface area contributed by atoms with Crippen molar-refractivity contribution in [2.45, 2.75) is 33.4 Å². The molecule has 1 N–H and O–H groups in total. The molecule has 0 saturated carbocycles. The van der Waals surface area contributed by atoms with Crippen molar-refractivity contribution < 1.29 is 28.9 Å². The van der Waals surface area contributed by atoms with E-state index in [2.05, 4.69) is 0 Å². The molecule has 3 aromatic carbocycles. The van der Waals surface area contributed by atoms with Gasteiger partial charge in [0.1, 0.15) is 23.0 Å². The molecule has 1 atom stereocenters. The van der Waals surface area contributed by atoms with Crippen molar-refractivity contribution in [1.82, 2.24) is 4.90 Å². The number of Topliss-reactive ketones (excluding diaryl/α,β-unsaturated/α-hetero) is 1. The summed E-state index contributed by atoms with van der Waals surface area (Å²) in [7, 11) is 3.10. The van der Waals surface area contributed by atoms with E-state index in [1.807, 2.05) is 57.2 Å². The van der Waals surface area contributed by atoms with Gasteiger partial charge in [0, 0.05) is 6.54 Å². The summed E-state index contributed by atoms with van der Waals surface area (Å²) in [5.41, 5.74) is 3.55. The molecule has 3 aromatic rings. The molecule has 0 aromatic heterocycles. The van der Waals surface area contributed by atoms with Crippen LogP contribution in [0.1, 0.15) is 40.8 Å². The third kappa shape index (κ3) is 5.03. The zero-order chi connectivity index (χ0) is 26.7. The molecule has 7 heteroatoms. The van der Waals surface area contributed by atoms with Crippen LogP contribution in [0.5, 0.6) is 17.2 Å². The number of likely N-dealkylation sites (tertiary alicyclic amines) is 1. The van der Waals surface area contributed by atoms with Crippen molar-refractivity contribution in [3.8, 4) is 17.2 Å². The van der Waals surface area contributed by atoms with E-state index >= 15 is 0 Å². The molecular weight excluding hydrogens is 470 g/mol. The molecule has 4 rings (SSSR count). The van der Waals surface area contributed by atoms with Crippen LogP contribution in [0.4, 0.5) is 0 Å². The predicted octanol–water partition coefficient (Wildman–Crippen LogP) is 5.34. The minimum atomic E-state index is -0.826. The topological polar surface area (TPSA) is 85.3 Å². The lowest BCUT2D eigenvalue weighted by molar-refractivity contribution is -0.140. The first-order chi connectivity index (χ1) is 17.8. The standard InChI is InChI=1S/C30H31NO6/c1-6-37-23-9-7-8-21(16-23)26-25(27(32)24-15-18(2)14-19(3)29(24)36-5)28(33)30(34)31(26)17-20-10-12-22(35-4)13-11-20/h7-16,26,32H,6,17H2,1-5H3/b27-25+. The Morgan fingerprint density at radius 3 is 2.32 bits per heavy atom. The lowest BCUT2D eigenvalue weighted by atomic mass is 9.93. The predicted molar refractivity (Wildman–Crippen MR) is 141 cm³/mol. The Morgan fingerprint density at radius 1 is 0.946 bits per heavy atom. The van der Waals surface area contributed by atoms with E-state index < -0.39 is 17.7 Å². The summed E-state index contributed by atoms with van der Waals surface area (Å²) in [5.74, 6) is 0.0385. The molecule has 1 fully saturated rings. The number of benzene rings is 3. The summed E-state index contributed by atoms with van der Waals surface area (Å²) in [6, 6.07) is 17.4. The number of ketones is 1. The fourth-order valence-corrected chi connectivity index (χ4v) is 4.80. The highest BCUT2D eigenvalue weighted by Crippen LogP contribution is 2.43. The van der Waals surface area contributed by atoms with Crippen LogP contribution >= 0.6 is 0 Å². The van der Waals surface area contributed by atoms with Gasteiger partial charge in [-0.1, -0.05) is 30.3 Å². The fraction of sp³-hybridized carbons (Fsp3) is 0.267. The van der Waals surface area contributed by atoms with Gasteiger partial charge in [0.05, 0.1) is 38.0 Å². The maximum absolute atomic E-state index is 13.5.